The Hall–Kier alpha value is -2.75. The van der Waals surface area contributed by atoms with Crippen LogP contribution in [0.2, 0.25) is 0 Å². The minimum Gasteiger partial charge on any atom is -0.465 e. The van der Waals surface area contributed by atoms with Crippen molar-refractivity contribution in [2.24, 2.45) is 0 Å². The monoisotopic (exact) mass is 458 g/mol. The third-order valence-corrected chi connectivity index (χ3v) is 7.91. The summed E-state index contributed by atoms with van der Waals surface area (Å²) < 4.78 is 38.1. The molecule has 1 saturated heterocycles. The van der Waals surface area contributed by atoms with E-state index in [2.05, 4.69) is 0 Å². The first-order valence-corrected chi connectivity index (χ1v) is 12.0. The number of carbonyl (C=O) groups is 2. The molecule has 0 aliphatic carbocycles. The van der Waals surface area contributed by atoms with Crippen molar-refractivity contribution in [3.8, 4) is 0 Å². The van der Waals surface area contributed by atoms with Crippen molar-refractivity contribution in [3.05, 3.63) is 58.7 Å². The van der Waals surface area contributed by atoms with Gasteiger partial charge in [-0.1, -0.05) is 13.0 Å². The number of aryl methyl sites for hydroxylation is 1. The number of morpholine rings is 1. The molecule has 0 N–H and O–H groups in total. The van der Waals surface area contributed by atoms with Gasteiger partial charge in [-0.15, -0.1) is 0 Å². The quantitative estimate of drug-likeness (QED) is 0.638. The zero-order valence-electron chi connectivity index (χ0n) is 18.2. The number of nitrogens with zero attached hydrogens (tertiary/aromatic N) is 2. The van der Waals surface area contributed by atoms with Crippen LogP contribution in [-0.2, 0) is 32.3 Å². The van der Waals surface area contributed by atoms with Gasteiger partial charge in [0.2, 0.25) is 10.0 Å². The molecule has 2 aromatic rings. The van der Waals surface area contributed by atoms with E-state index in [9.17, 15) is 18.0 Å². The van der Waals surface area contributed by atoms with E-state index in [1.54, 1.807) is 35.2 Å². The number of methoxy groups -OCH3 is 1. The number of fused-ring (bicyclic) bond motifs is 1. The third kappa shape index (κ3) is 4.03. The SMILES string of the molecule is CCc1ccc(C(=O)N2CCc3cc(C(=O)OC)ccc32)cc1S(=O)(=O)N1CCOCC1. The van der Waals surface area contributed by atoms with E-state index in [0.29, 0.717) is 62.4 Å². The number of esters is 1. The highest BCUT2D eigenvalue weighted by Gasteiger charge is 2.31. The molecule has 2 aliphatic heterocycles. The Morgan fingerprint density at radius 2 is 1.75 bits per heavy atom. The van der Waals surface area contributed by atoms with Crippen LogP contribution < -0.4 is 4.90 Å². The molecule has 8 nitrogen and oxygen atoms in total. The summed E-state index contributed by atoms with van der Waals surface area (Å²) in [4.78, 5) is 26.9. The largest absolute Gasteiger partial charge is 0.465 e. The van der Waals surface area contributed by atoms with Gasteiger partial charge in [0, 0.05) is 30.9 Å². The molecule has 170 valence electrons. The average molecular weight is 459 g/mol. The molecule has 0 spiro atoms. The number of amides is 1. The van der Waals surface area contributed by atoms with Crippen molar-refractivity contribution in [1.29, 1.82) is 0 Å². The second-order valence-corrected chi connectivity index (χ2v) is 9.64. The summed E-state index contributed by atoms with van der Waals surface area (Å²) in [6, 6.07) is 10.00. The molecule has 0 unspecified atom stereocenters. The second kappa shape index (κ2) is 9.01. The molecule has 0 atom stereocenters. The standard InChI is InChI=1S/C23H26N2O6S/c1-3-16-4-5-18(15-21(16)32(28,29)24-10-12-31-13-11-24)22(26)25-9-8-17-14-19(23(27)30-2)6-7-20(17)25/h4-7,14-15H,3,8-13H2,1-2H3. The summed E-state index contributed by atoms with van der Waals surface area (Å²) in [6.45, 7) is 3.66. The van der Waals surface area contributed by atoms with Crippen LogP contribution in [-0.4, -0.2) is 64.6 Å². The highest BCUT2D eigenvalue weighted by atomic mass is 32.2. The summed E-state index contributed by atoms with van der Waals surface area (Å²) in [5.74, 6) is -0.693. The molecule has 1 fully saturated rings. The molecular formula is C23H26N2O6S. The van der Waals surface area contributed by atoms with Crippen LogP contribution in [0.4, 0.5) is 5.69 Å². The van der Waals surface area contributed by atoms with Gasteiger partial charge in [0.05, 0.1) is 30.8 Å². The zero-order valence-corrected chi connectivity index (χ0v) is 19.0. The fourth-order valence-electron chi connectivity index (χ4n) is 4.16. The fraction of sp³-hybridized carbons (Fsp3) is 0.391. The lowest BCUT2D eigenvalue weighted by Gasteiger charge is -2.27. The Morgan fingerprint density at radius 3 is 2.44 bits per heavy atom. The first kappa shape index (κ1) is 22.4. The normalized spacial score (nSPS) is 16.6. The van der Waals surface area contributed by atoms with Gasteiger partial charge in [0.1, 0.15) is 0 Å². The van der Waals surface area contributed by atoms with Crippen LogP contribution in [0.5, 0.6) is 0 Å². The topological polar surface area (TPSA) is 93.2 Å². The van der Waals surface area contributed by atoms with Gasteiger partial charge in [-0.3, -0.25) is 4.79 Å². The number of anilines is 1. The van der Waals surface area contributed by atoms with E-state index in [0.717, 1.165) is 11.3 Å². The number of benzene rings is 2. The van der Waals surface area contributed by atoms with Crippen molar-refractivity contribution in [3.63, 3.8) is 0 Å². The lowest BCUT2D eigenvalue weighted by atomic mass is 10.1. The summed E-state index contributed by atoms with van der Waals surface area (Å²) in [5, 5.41) is 0. The van der Waals surface area contributed by atoms with Gasteiger partial charge < -0.3 is 14.4 Å². The van der Waals surface area contributed by atoms with Crippen LogP contribution >= 0.6 is 0 Å². The summed E-state index contributed by atoms with van der Waals surface area (Å²) in [7, 11) is -2.40. The lowest BCUT2D eigenvalue weighted by Crippen LogP contribution is -2.41. The molecular weight excluding hydrogens is 432 g/mol. The third-order valence-electron chi connectivity index (χ3n) is 5.92. The Morgan fingerprint density at radius 1 is 1.03 bits per heavy atom. The molecule has 0 bridgehead atoms. The van der Waals surface area contributed by atoms with Crippen LogP contribution in [0.15, 0.2) is 41.3 Å². The number of ether oxygens (including phenoxy) is 2. The molecule has 0 aromatic heterocycles. The van der Waals surface area contributed by atoms with Crippen molar-refractivity contribution in [2.45, 2.75) is 24.7 Å². The van der Waals surface area contributed by atoms with Crippen molar-refractivity contribution >= 4 is 27.6 Å². The molecule has 2 heterocycles. The van der Waals surface area contributed by atoms with Gasteiger partial charge >= 0.3 is 5.97 Å². The summed E-state index contributed by atoms with van der Waals surface area (Å²) in [5.41, 5.74) is 3.04. The first-order valence-electron chi connectivity index (χ1n) is 10.6. The van der Waals surface area contributed by atoms with Gasteiger partial charge in [-0.2, -0.15) is 4.31 Å². The van der Waals surface area contributed by atoms with E-state index in [1.165, 1.54) is 17.5 Å². The molecule has 9 heteroatoms. The van der Waals surface area contributed by atoms with Crippen LogP contribution in [0, 0.1) is 0 Å². The number of carbonyl (C=O) groups excluding carboxylic acids is 2. The molecule has 32 heavy (non-hydrogen) atoms. The Balaban J connectivity index is 1.66. The minimum atomic E-state index is -3.73. The number of rotatable bonds is 5. The number of sulfonamides is 1. The Bertz CT molecular complexity index is 1160. The Labute approximate surface area is 187 Å². The van der Waals surface area contributed by atoms with Gasteiger partial charge in [0.15, 0.2) is 0 Å². The lowest BCUT2D eigenvalue weighted by molar-refractivity contribution is 0.0600. The van der Waals surface area contributed by atoms with Gasteiger partial charge in [-0.05, 0) is 54.3 Å². The molecule has 1 amide bonds. The van der Waals surface area contributed by atoms with E-state index < -0.39 is 16.0 Å². The van der Waals surface area contributed by atoms with E-state index >= 15 is 0 Å². The Kier molecular flexibility index (Phi) is 6.32. The predicted molar refractivity (Wildman–Crippen MR) is 119 cm³/mol. The first-order chi connectivity index (χ1) is 15.4. The van der Waals surface area contributed by atoms with Gasteiger partial charge in [-0.25, -0.2) is 13.2 Å². The molecule has 2 aliphatic rings. The van der Waals surface area contributed by atoms with Crippen molar-refractivity contribution < 1.29 is 27.5 Å². The molecule has 2 aromatic carbocycles. The maximum Gasteiger partial charge on any atom is 0.337 e. The van der Waals surface area contributed by atoms with Crippen molar-refractivity contribution in [1.82, 2.24) is 4.31 Å². The number of hydrogen-bond donors (Lipinski definition) is 0. The highest BCUT2D eigenvalue weighted by Crippen LogP contribution is 2.31. The number of hydrogen-bond acceptors (Lipinski definition) is 6. The molecule has 0 radical (unpaired) electrons. The van der Waals surface area contributed by atoms with Gasteiger partial charge in [0.25, 0.3) is 5.91 Å². The van der Waals surface area contributed by atoms with E-state index in [-0.39, 0.29) is 10.8 Å². The van der Waals surface area contributed by atoms with Crippen LogP contribution in [0.1, 0.15) is 38.8 Å². The van der Waals surface area contributed by atoms with E-state index in [4.69, 9.17) is 9.47 Å². The van der Waals surface area contributed by atoms with Crippen LogP contribution in [0.25, 0.3) is 0 Å². The van der Waals surface area contributed by atoms with Crippen LogP contribution in [0.3, 0.4) is 0 Å². The maximum absolute atomic E-state index is 13.3. The summed E-state index contributed by atoms with van der Waals surface area (Å²) >= 11 is 0. The second-order valence-electron chi connectivity index (χ2n) is 7.73. The smallest absolute Gasteiger partial charge is 0.337 e. The maximum atomic E-state index is 13.3. The minimum absolute atomic E-state index is 0.174. The zero-order chi connectivity index (χ0) is 22.9. The van der Waals surface area contributed by atoms with E-state index in [1.807, 2.05) is 6.92 Å². The highest BCUT2D eigenvalue weighted by molar-refractivity contribution is 7.89. The summed E-state index contributed by atoms with van der Waals surface area (Å²) in [6.07, 6.45) is 1.15. The molecule has 4 rings (SSSR count). The average Bonchev–Trinajstić information content (AvgIpc) is 3.26. The predicted octanol–water partition coefficient (Wildman–Crippen LogP) is 2.26. The van der Waals surface area contributed by atoms with Crippen molar-refractivity contribution in [2.75, 3.05) is 44.9 Å². The fourth-order valence-corrected chi connectivity index (χ4v) is 5.89. The molecule has 0 saturated carbocycles.